The molecule has 0 aromatic heterocycles. The van der Waals surface area contributed by atoms with Crippen molar-refractivity contribution in [1.29, 1.82) is 5.26 Å². The smallest absolute Gasteiger partial charge is 0.245 e. The van der Waals surface area contributed by atoms with Crippen LogP contribution in [-0.4, -0.2) is 25.3 Å². The molecule has 0 saturated heterocycles. The van der Waals surface area contributed by atoms with Crippen LogP contribution in [0.1, 0.15) is 19.3 Å². The minimum atomic E-state index is -3.69. The van der Waals surface area contributed by atoms with Crippen molar-refractivity contribution >= 4 is 27.3 Å². The number of hydrogen-bond donors (Lipinski definition) is 1. The largest absolute Gasteiger partial charge is 0.398 e. The Labute approximate surface area is 117 Å². The summed E-state index contributed by atoms with van der Waals surface area (Å²) in [6.07, 6.45) is 1.81. The molecule has 0 heterocycles. The maximum atomic E-state index is 12.6. The monoisotopic (exact) mass is 299 g/mol. The third-order valence-electron chi connectivity index (χ3n) is 2.96. The van der Waals surface area contributed by atoms with Gasteiger partial charge in [-0.1, -0.05) is 11.6 Å². The molecular formula is C12H14ClN3O2S. The lowest BCUT2D eigenvalue weighted by Gasteiger charge is -2.21. The fourth-order valence-electron chi connectivity index (χ4n) is 1.88. The predicted molar refractivity (Wildman–Crippen MR) is 73.0 cm³/mol. The molecule has 2 rings (SSSR count). The molecule has 0 aliphatic heterocycles. The van der Waals surface area contributed by atoms with Gasteiger partial charge in [-0.25, -0.2) is 8.42 Å². The average Bonchev–Trinajstić information content (AvgIpc) is 3.17. The highest BCUT2D eigenvalue weighted by atomic mass is 35.5. The number of rotatable bonds is 5. The van der Waals surface area contributed by atoms with Crippen molar-refractivity contribution < 1.29 is 8.42 Å². The van der Waals surface area contributed by atoms with Crippen LogP contribution in [-0.2, 0) is 10.0 Å². The van der Waals surface area contributed by atoms with Gasteiger partial charge in [0.05, 0.1) is 11.8 Å². The predicted octanol–water partition coefficient (Wildman–Crippen LogP) is 1.99. The molecule has 1 aliphatic rings. The SMILES string of the molecule is N#CCCN(C1CC1)S(=O)(=O)c1cc(Cl)ccc1N. The van der Waals surface area contributed by atoms with Gasteiger partial charge in [0.2, 0.25) is 10.0 Å². The second kappa shape index (κ2) is 5.37. The van der Waals surface area contributed by atoms with Gasteiger partial charge < -0.3 is 5.73 Å². The van der Waals surface area contributed by atoms with Crippen molar-refractivity contribution in [3.63, 3.8) is 0 Å². The Morgan fingerprint density at radius 3 is 2.74 bits per heavy atom. The van der Waals surface area contributed by atoms with E-state index in [1.165, 1.54) is 16.4 Å². The van der Waals surface area contributed by atoms with Gasteiger partial charge in [0.1, 0.15) is 4.90 Å². The molecule has 1 fully saturated rings. The van der Waals surface area contributed by atoms with Crippen LogP contribution in [0.4, 0.5) is 5.69 Å². The Bertz CT molecular complexity index is 620. The van der Waals surface area contributed by atoms with Crippen molar-refractivity contribution in [2.24, 2.45) is 0 Å². The standard InChI is InChI=1S/C12H14ClN3O2S/c13-9-2-5-11(15)12(8-9)19(17,18)16(7-1-6-14)10-3-4-10/h2,5,8,10H,1,3-4,7,15H2. The zero-order chi connectivity index (χ0) is 14.0. The second-order valence-electron chi connectivity index (χ2n) is 4.44. The molecule has 5 nitrogen and oxygen atoms in total. The second-order valence-corrected chi connectivity index (χ2v) is 6.73. The first-order valence-corrected chi connectivity index (χ1v) is 7.72. The van der Waals surface area contributed by atoms with Crippen LogP contribution in [0.25, 0.3) is 0 Å². The summed E-state index contributed by atoms with van der Waals surface area (Å²) in [5.74, 6) is 0. The summed E-state index contributed by atoms with van der Waals surface area (Å²) in [5, 5.41) is 8.96. The molecule has 2 N–H and O–H groups in total. The van der Waals surface area contributed by atoms with Gasteiger partial charge in [-0.2, -0.15) is 9.57 Å². The summed E-state index contributed by atoms with van der Waals surface area (Å²) < 4.78 is 26.5. The number of anilines is 1. The highest BCUT2D eigenvalue weighted by Crippen LogP contribution is 2.34. The lowest BCUT2D eigenvalue weighted by atomic mass is 10.3. The van der Waals surface area contributed by atoms with Crippen LogP contribution in [0.15, 0.2) is 23.1 Å². The van der Waals surface area contributed by atoms with Crippen molar-refractivity contribution in [3.8, 4) is 6.07 Å². The van der Waals surface area contributed by atoms with Crippen molar-refractivity contribution in [3.05, 3.63) is 23.2 Å². The maximum Gasteiger partial charge on any atom is 0.245 e. The Morgan fingerprint density at radius 2 is 2.16 bits per heavy atom. The fourth-order valence-corrected chi connectivity index (χ4v) is 3.95. The molecule has 0 radical (unpaired) electrons. The summed E-state index contributed by atoms with van der Waals surface area (Å²) in [5.41, 5.74) is 5.91. The Morgan fingerprint density at radius 1 is 1.47 bits per heavy atom. The van der Waals surface area contributed by atoms with Gasteiger partial charge in [0, 0.05) is 24.0 Å². The van der Waals surface area contributed by atoms with E-state index in [1.54, 1.807) is 6.07 Å². The van der Waals surface area contributed by atoms with E-state index in [9.17, 15) is 8.42 Å². The zero-order valence-corrected chi connectivity index (χ0v) is 11.8. The molecule has 0 bridgehead atoms. The molecule has 1 saturated carbocycles. The third-order valence-corrected chi connectivity index (χ3v) is 5.20. The minimum Gasteiger partial charge on any atom is -0.398 e. The number of benzene rings is 1. The minimum absolute atomic E-state index is 0.0169. The van der Waals surface area contributed by atoms with Crippen molar-refractivity contribution in [2.75, 3.05) is 12.3 Å². The van der Waals surface area contributed by atoms with E-state index in [0.717, 1.165) is 12.8 Å². The maximum absolute atomic E-state index is 12.6. The van der Waals surface area contributed by atoms with E-state index >= 15 is 0 Å². The van der Waals surface area contributed by atoms with E-state index < -0.39 is 10.0 Å². The highest BCUT2D eigenvalue weighted by molar-refractivity contribution is 7.89. The summed E-state index contributed by atoms with van der Waals surface area (Å²) in [6, 6.07) is 6.33. The molecule has 0 amide bonds. The quantitative estimate of drug-likeness (QED) is 0.842. The van der Waals surface area contributed by atoms with Gasteiger partial charge in [-0.3, -0.25) is 0 Å². The Balaban J connectivity index is 2.39. The molecule has 102 valence electrons. The summed E-state index contributed by atoms with van der Waals surface area (Å²) in [6.45, 7) is 0.190. The van der Waals surface area contributed by atoms with E-state index in [0.29, 0.717) is 5.02 Å². The summed E-state index contributed by atoms with van der Waals surface area (Å²) in [7, 11) is -3.69. The molecule has 1 aromatic carbocycles. The van der Waals surface area contributed by atoms with Gasteiger partial charge in [0.25, 0.3) is 0 Å². The molecule has 7 heteroatoms. The average molecular weight is 300 g/mol. The number of sulfonamides is 1. The van der Waals surface area contributed by atoms with E-state index in [4.69, 9.17) is 22.6 Å². The lowest BCUT2D eigenvalue weighted by Crippen LogP contribution is -2.34. The van der Waals surface area contributed by atoms with Crippen molar-refractivity contribution in [1.82, 2.24) is 4.31 Å². The van der Waals surface area contributed by atoms with Crippen LogP contribution in [0.3, 0.4) is 0 Å². The number of hydrogen-bond acceptors (Lipinski definition) is 4. The van der Waals surface area contributed by atoms with E-state index in [1.807, 2.05) is 6.07 Å². The van der Waals surface area contributed by atoms with Crippen LogP contribution in [0.2, 0.25) is 5.02 Å². The number of halogens is 1. The van der Waals surface area contributed by atoms with E-state index in [2.05, 4.69) is 0 Å². The summed E-state index contributed by atoms with van der Waals surface area (Å²) in [4.78, 5) is 0.0184. The normalized spacial score (nSPS) is 15.4. The molecular weight excluding hydrogens is 286 g/mol. The van der Waals surface area contributed by atoms with Gasteiger partial charge in [-0.15, -0.1) is 0 Å². The number of nitrogens with zero attached hydrogens (tertiary/aromatic N) is 2. The number of nitriles is 1. The van der Waals surface area contributed by atoms with Crippen LogP contribution in [0, 0.1) is 11.3 Å². The van der Waals surface area contributed by atoms with Gasteiger partial charge >= 0.3 is 0 Å². The lowest BCUT2D eigenvalue weighted by molar-refractivity contribution is 0.411. The fraction of sp³-hybridized carbons (Fsp3) is 0.417. The first-order valence-electron chi connectivity index (χ1n) is 5.90. The summed E-state index contributed by atoms with van der Waals surface area (Å²) >= 11 is 5.84. The molecule has 0 atom stereocenters. The zero-order valence-electron chi connectivity index (χ0n) is 10.2. The first kappa shape index (κ1) is 14.1. The topological polar surface area (TPSA) is 87.2 Å². The Kier molecular flexibility index (Phi) is 3.99. The molecule has 0 unspecified atom stereocenters. The number of nitrogen functional groups attached to an aromatic ring is 1. The van der Waals surface area contributed by atoms with Crippen LogP contribution < -0.4 is 5.73 Å². The van der Waals surface area contributed by atoms with Crippen LogP contribution >= 0.6 is 11.6 Å². The molecule has 1 aliphatic carbocycles. The highest BCUT2D eigenvalue weighted by Gasteiger charge is 2.38. The van der Waals surface area contributed by atoms with E-state index in [-0.39, 0.29) is 29.6 Å². The Hall–Kier alpha value is -1.29. The van der Waals surface area contributed by atoms with Crippen molar-refractivity contribution in [2.45, 2.75) is 30.2 Å². The molecule has 0 spiro atoms. The van der Waals surface area contributed by atoms with Crippen LogP contribution in [0.5, 0.6) is 0 Å². The number of nitrogens with two attached hydrogens (primary N) is 1. The van der Waals surface area contributed by atoms with Gasteiger partial charge in [0.15, 0.2) is 0 Å². The third kappa shape index (κ3) is 3.00. The molecule has 1 aromatic rings. The molecule has 19 heavy (non-hydrogen) atoms. The first-order chi connectivity index (χ1) is 8.96. The van der Waals surface area contributed by atoms with Gasteiger partial charge in [-0.05, 0) is 31.0 Å².